The van der Waals surface area contributed by atoms with Crippen molar-refractivity contribution in [2.45, 2.75) is 6.92 Å². The van der Waals surface area contributed by atoms with Crippen LogP contribution in [0.4, 0.5) is 5.69 Å². The van der Waals surface area contributed by atoms with Crippen LogP contribution in [0.1, 0.15) is 15.9 Å². The van der Waals surface area contributed by atoms with Crippen molar-refractivity contribution in [2.24, 2.45) is 0 Å². The van der Waals surface area contributed by atoms with E-state index < -0.39 is 10.9 Å². The lowest BCUT2D eigenvalue weighted by molar-refractivity contribution is -0.385. The van der Waals surface area contributed by atoms with Crippen LogP contribution in [0.2, 0.25) is 0 Å². The Bertz CT molecular complexity index is 441. The highest BCUT2D eigenvalue weighted by Gasteiger charge is 2.20. The monoisotopic (exact) mass is 225 g/mol. The molecule has 6 heteroatoms. The normalized spacial score (nSPS) is 9.69. The fraction of sp³-hybridized carbons (Fsp3) is 0.300. The molecule has 0 amide bonds. The third-order valence-electron chi connectivity index (χ3n) is 2.13. The minimum atomic E-state index is -0.608. The van der Waals surface area contributed by atoms with Gasteiger partial charge in [-0.3, -0.25) is 10.1 Å². The van der Waals surface area contributed by atoms with Gasteiger partial charge in [0.25, 0.3) is 0 Å². The molecular formula is C10H11NO5. The van der Waals surface area contributed by atoms with Crippen molar-refractivity contribution < 1.29 is 19.2 Å². The standard InChI is InChI=1S/C10H11NO5/c1-6-4-9(15-2)8(11(13)14)5-7(6)10(12)16-3/h4-5H,1-3H3. The summed E-state index contributed by atoms with van der Waals surface area (Å²) < 4.78 is 9.39. The highest BCUT2D eigenvalue weighted by Crippen LogP contribution is 2.30. The third kappa shape index (κ3) is 2.10. The maximum Gasteiger partial charge on any atom is 0.338 e. The summed E-state index contributed by atoms with van der Waals surface area (Å²) in [5, 5.41) is 10.7. The van der Waals surface area contributed by atoms with Crippen LogP contribution in [0.25, 0.3) is 0 Å². The Morgan fingerprint density at radius 1 is 1.38 bits per heavy atom. The Morgan fingerprint density at radius 3 is 2.44 bits per heavy atom. The molecule has 0 bridgehead atoms. The quantitative estimate of drug-likeness (QED) is 0.444. The molecule has 0 aliphatic carbocycles. The smallest absolute Gasteiger partial charge is 0.338 e. The molecule has 0 saturated heterocycles. The third-order valence-corrected chi connectivity index (χ3v) is 2.13. The first-order valence-corrected chi connectivity index (χ1v) is 4.42. The van der Waals surface area contributed by atoms with Gasteiger partial charge in [-0.15, -0.1) is 0 Å². The fourth-order valence-corrected chi connectivity index (χ4v) is 1.31. The first-order chi connectivity index (χ1) is 7.51. The molecule has 0 atom stereocenters. The molecule has 0 unspecified atom stereocenters. The van der Waals surface area contributed by atoms with E-state index in [9.17, 15) is 14.9 Å². The van der Waals surface area contributed by atoms with E-state index in [-0.39, 0.29) is 17.0 Å². The van der Waals surface area contributed by atoms with E-state index >= 15 is 0 Å². The van der Waals surface area contributed by atoms with Crippen molar-refractivity contribution in [2.75, 3.05) is 14.2 Å². The molecule has 0 radical (unpaired) electrons. The molecule has 0 saturated carbocycles. The van der Waals surface area contributed by atoms with E-state index in [2.05, 4.69) is 4.74 Å². The minimum absolute atomic E-state index is 0.121. The number of methoxy groups -OCH3 is 2. The zero-order chi connectivity index (χ0) is 12.3. The molecule has 0 aliphatic rings. The fourth-order valence-electron chi connectivity index (χ4n) is 1.31. The molecule has 0 spiro atoms. The van der Waals surface area contributed by atoms with Crippen molar-refractivity contribution in [3.8, 4) is 5.75 Å². The number of hydrogen-bond donors (Lipinski definition) is 0. The average Bonchev–Trinajstić information content (AvgIpc) is 2.27. The van der Waals surface area contributed by atoms with Gasteiger partial charge in [0.15, 0.2) is 5.75 Å². The number of nitro groups is 1. The lowest BCUT2D eigenvalue weighted by Crippen LogP contribution is -2.05. The van der Waals surface area contributed by atoms with Gasteiger partial charge < -0.3 is 9.47 Å². The van der Waals surface area contributed by atoms with Crippen LogP contribution in [0.15, 0.2) is 12.1 Å². The van der Waals surface area contributed by atoms with Crippen molar-refractivity contribution in [3.05, 3.63) is 33.4 Å². The van der Waals surface area contributed by atoms with Crippen LogP contribution in [0.3, 0.4) is 0 Å². The van der Waals surface area contributed by atoms with Gasteiger partial charge in [-0.25, -0.2) is 4.79 Å². The van der Waals surface area contributed by atoms with E-state index in [0.717, 1.165) is 6.07 Å². The summed E-state index contributed by atoms with van der Waals surface area (Å²) >= 11 is 0. The number of esters is 1. The number of carbonyl (C=O) groups is 1. The highest BCUT2D eigenvalue weighted by atomic mass is 16.6. The number of benzene rings is 1. The maximum absolute atomic E-state index is 11.3. The Hall–Kier alpha value is -2.11. The highest BCUT2D eigenvalue weighted by molar-refractivity contribution is 5.92. The van der Waals surface area contributed by atoms with Crippen LogP contribution < -0.4 is 4.74 Å². The van der Waals surface area contributed by atoms with Crippen LogP contribution in [0.5, 0.6) is 5.75 Å². The molecule has 0 aliphatic heterocycles. The minimum Gasteiger partial charge on any atom is -0.490 e. The molecule has 6 nitrogen and oxygen atoms in total. The predicted molar refractivity (Wildman–Crippen MR) is 55.7 cm³/mol. The molecule has 0 fully saturated rings. The molecular weight excluding hydrogens is 214 g/mol. The topological polar surface area (TPSA) is 78.7 Å². The van der Waals surface area contributed by atoms with Gasteiger partial charge >= 0.3 is 11.7 Å². The van der Waals surface area contributed by atoms with Crippen molar-refractivity contribution in [1.29, 1.82) is 0 Å². The van der Waals surface area contributed by atoms with E-state index in [1.54, 1.807) is 6.92 Å². The second-order valence-electron chi connectivity index (χ2n) is 3.09. The van der Waals surface area contributed by atoms with Crippen molar-refractivity contribution in [3.63, 3.8) is 0 Å². The van der Waals surface area contributed by atoms with Gasteiger partial charge in [-0.1, -0.05) is 0 Å². The van der Waals surface area contributed by atoms with E-state index in [4.69, 9.17) is 4.74 Å². The van der Waals surface area contributed by atoms with E-state index in [1.165, 1.54) is 20.3 Å². The zero-order valence-electron chi connectivity index (χ0n) is 9.14. The maximum atomic E-state index is 11.3. The lowest BCUT2D eigenvalue weighted by Gasteiger charge is -2.07. The Morgan fingerprint density at radius 2 is 2.00 bits per heavy atom. The summed E-state index contributed by atoms with van der Waals surface area (Å²) in [5.41, 5.74) is 0.470. The molecule has 1 aromatic carbocycles. The Kier molecular flexibility index (Phi) is 3.44. The van der Waals surface area contributed by atoms with Gasteiger partial charge in [-0.05, 0) is 18.6 Å². The second kappa shape index (κ2) is 4.61. The van der Waals surface area contributed by atoms with Crippen LogP contribution in [-0.2, 0) is 4.74 Å². The molecule has 0 heterocycles. The first kappa shape index (κ1) is 12.0. The van der Waals surface area contributed by atoms with E-state index in [1.807, 2.05) is 0 Å². The zero-order valence-corrected chi connectivity index (χ0v) is 9.14. The summed E-state index contributed by atoms with van der Waals surface area (Å²) in [5.74, 6) is -0.488. The molecule has 16 heavy (non-hydrogen) atoms. The molecule has 0 N–H and O–H groups in total. The van der Waals surface area contributed by atoms with Crippen LogP contribution in [-0.4, -0.2) is 25.1 Å². The number of rotatable bonds is 3. The molecule has 86 valence electrons. The van der Waals surface area contributed by atoms with Crippen LogP contribution in [0, 0.1) is 17.0 Å². The van der Waals surface area contributed by atoms with Gasteiger partial charge in [0.1, 0.15) is 0 Å². The second-order valence-corrected chi connectivity index (χ2v) is 3.09. The Balaban J connectivity index is 3.38. The van der Waals surface area contributed by atoms with Crippen molar-refractivity contribution >= 4 is 11.7 Å². The van der Waals surface area contributed by atoms with Crippen LogP contribution >= 0.6 is 0 Å². The molecule has 1 rings (SSSR count). The summed E-state index contributed by atoms with van der Waals surface area (Å²) in [6, 6.07) is 2.59. The first-order valence-electron chi connectivity index (χ1n) is 4.42. The van der Waals surface area contributed by atoms with Gasteiger partial charge in [0.2, 0.25) is 0 Å². The van der Waals surface area contributed by atoms with Gasteiger partial charge in [0, 0.05) is 6.07 Å². The number of carbonyl (C=O) groups excluding carboxylic acids is 1. The summed E-state index contributed by atoms with van der Waals surface area (Å²) in [6.07, 6.45) is 0. The predicted octanol–water partition coefficient (Wildman–Crippen LogP) is 1.70. The average molecular weight is 225 g/mol. The molecule has 0 aromatic heterocycles. The SMILES string of the molecule is COC(=O)c1cc([N+](=O)[O-])c(OC)cc1C. The lowest BCUT2D eigenvalue weighted by atomic mass is 10.1. The molecule has 1 aromatic rings. The summed E-state index contributed by atoms with van der Waals surface area (Å²) in [4.78, 5) is 21.4. The summed E-state index contributed by atoms with van der Waals surface area (Å²) in [7, 11) is 2.55. The van der Waals surface area contributed by atoms with E-state index in [0.29, 0.717) is 5.56 Å². The van der Waals surface area contributed by atoms with Gasteiger partial charge in [-0.2, -0.15) is 0 Å². The number of hydrogen-bond acceptors (Lipinski definition) is 5. The number of ether oxygens (including phenoxy) is 2. The number of aryl methyl sites for hydroxylation is 1. The Labute approximate surface area is 91.9 Å². The van der Waals surface area contributed by atoms with Gasteiger partial charge in [0.05, 0.1) is 24.7 Å². The summed E-state index contributed by atoms with van der Waals surface area (Å²) in [6.45, 7) is 1.65. The number of nitro benzene ring substituents is 1. The number of nitrogens with zero attached hydrogens (tertiary/aromatic N) is 1. The van der Waals surface area contributed by atoms with Crippen molar-refractivity contribution in [1.82, 2.24) is 0 Å². The largest absolute Gasteiger partial charge is 0.490 e.